The second-order valence-corrected chi connectivity index (χ2v) is 7.00. The van der Waals surface area contributed by atoms with E-state index in [0.29, 0.717) is 24.3 Å². The first-order valence-electron chi connectivity index (χ1n) is 9.46. The topological polar surface area (TPSA) is 62.8 Å². The van der Waals surface area contributed by atoms with Crippen molar-refractivity contribution in [2.45, 2.75) is 31.4 Å². The number of halogens is 3. The fraction of sp³-hybridized carbons (Fsp3) is 0.429. The minimum absolute atomic E-state index is 0.00134. The van der Waals surface area contributed by atoms with Crippen LogP contribution >= 0.6 is 0 Å². The van der Waals surface area contributed by atoms with E-state index in [2.05, 4.69) is 15.4 Å². The summed E-state index contributed by atoms with van der Waals surface area (Å²) >= 11 is 0. The molecule has 0 bridgehead atoms. The molecule has 2 aromatic rings. The Balaban J connectivity index is 1.78. The van der Waals surface area contributed by atoms with E-state index in [-0.39, 0.29) is 30.4 Å². The van der Waals surface area contributed by atoms with Gasteiger partial charge in [0.25, 0.3) is 0 Å². The summed E-state index contributed by atoms with van der Waals surface area (Å²) in [6.07, 6.45) is -4.12. The van der Waals surface area contributed by atoms with Gasteiger partial charge in [0, 0.05) is 37.3 Å². The smallest absolute Gasteiger partial charge is 0.496 e. The van der Waals surface area contributed by atoms with Crippen molar-refractivity contribution in [3.63, 3.8) is 0 Å². The van der Waals surface area contributed by atoms with Crippen LogP contribution < -0.4 is 20.1 Å². The van der Waals surface area contributed by atoms with E-state index < -0.39 is 6.36 Å². The van der Waals surface area contributed by atoms with Gasteiger partial charge in [0.05, 0.1) is 7.11 Å². The van der Waals surface area contributed by atoms with Crippen molar-refractivity contribution in [2.75, 3.05) is 20.3 Å². The fourth-order valence-electron chi connectivity index (χ4n) is 3.84. The quantitative estimate of drug-likeness (QED) is 0.623. The molecule has 1 aliphatic heterocycles. The van der Waals surface area contributed by atoms with E-state index in [9.17, 15) is 18.3 Å². The Morgan fingerprint density at radius 2 is 1.93 bits per heavy atom. The molecule has 3 rings (SSSR count). The molecule has 5 nitrogen and oxygen atoms in total. The van der Waals surface area contributed by atoms with Gasteiger partial charge in [-0.05, 0) is 36.1 Å². The van der Waals surface area contributed by atoms with Gasteiger partial charge in [-0.25, -0.2) is 0 Å². The monoisotopic (exact) mass is 410 g/mol. The zero-order valence-corrected chi connectivity index (χ0v) is 16.1. The van der Waals surface area contributed by atoms with Crippen LogP contribution in [-0.2, 0) is 6.54 Å². The SMILES string of the molecule is COc1ccc(OC(F)(F)F)cc1CNC1C(CCO)CNC1c1ccccc1. The van der Waals surface area contributed by atoms with Gasteiger partial charge in [-0.3, -0.25) is 0 Å². The number of aliphatic hydroxyl groups is 1. The van der Waals surface area contributed by atoms with E-state index in [4.69, 9.17) is 4.74 Å². The largest absolute Gasteiger partial charge is 0.573 e. The van der Waals surface area contributed by atoms with Crippen LogP contribution in [0.4, 0.5) is 13.2 Å². The second kappa shape index (κ2) is 9.47. The van der Waals surface area contributed by atoms with E-state index in [1.165, 1.54) is 25.3 Å². The Labute approximate surface area is 167 Å². The summed E-state index contributed by atoms with van der Waals surface area (Å²) in [4.78, 5) is 0. The standard InChI is InChI=1S/C21H25F3N2O3/c1-28-18-8-7-17(29-21(22,23)24)11-16(18)13-26-20-15(9-10-27)12-25-19(20)14-5-3-2-4-6-14/h2-8,11,15,19-20,25-27H,9-10,12-13H2,1H3. The first kappa shape index (κ1) is 21.4. The number of aliphatic hydroxyl groups excluding tert-OH is 1. The number of alkyl halides is 3. The average Bonchev–Trinajstić information content (AvgIpc) is 3.09. The van der Waals surface area contributed by atoms with Crippen LogP contribution in [0.15, 0.2) is 48.5 Å². The number of hydrogen-bond donors (Lipinski definition) is 3. The van der Waals surface area contributed by atoms with Crippen molar-refractivity contribution < 1.29 is 27.8 Å². The van der Waals surface area contributed by atoms with Crippen LogP contribution in [-0.4, -0.2) is 37.8 Å². The molecular weight excluding hydrogens is 385 g/mol. The van der Waals surface area contributed by atoms with Gasteiger partial charge < -0.3 is 25.2 Å². The van der Waals surface area contributed by atoms with E-state index in [0.717, 1.165) is 12.1 Å². The molecule has 1 fully saturated rings. The van der Waals surface area contributed by atoms with E-state index in [1.807, 2.05) is 30.3 Å². The molecule has 8 heteroatoms. The summed E-state index contributed by atoms with van der Waals surface area (Å²) in [6, 6.07) is 14.0. The zero-order valence-electron chi connectivity index (χ0n) is 16.1. The molecule has 3 atom stereocenters. The molecule has 3 N–H and O–H groups in total. The highest BCUT2D eigenvalue weighted by molar-refractivity contribution is 5.40. The molecule has 0 spiro atoms. The van der Waals surface area contributed by atoms with Crippen LogP contribution in [0.2, 0.25) is 0 Å². The van der Waals surface area contributed by atoms with Crippen LogP contribution in [0.3, 0.4) is 0 Å². The third-order valence-corrected chi connectivity index (χ3v) is 5.14. The maximum absolute atomic E-state index is 12.6. The highest BCUT2D eigenvalue weighted by Crippen LogP contribution is 2.32. The first-order chi connectivity index (χ1) is 13.9. The summed E-state index contributed by atoms with van der Waals surface area (Å²) in [6.45, 7) is 1.12. The van der Waals surface area contributed by atoms with Crippen LogP contribution in [0.25, 0.3) is 0 Å². The maximum atomic E-state index is 12.6. The molecule has 2 aromatic carbocycles. The molecule has 1 saturated heterocycles. The third-order valence-electron chi connectivity index (χ3n) is 5.14. The summed E-state index contributed by atoms with van der Waals surface area (Å²) < 4.78 is 47.0. The molecule has 0 aromatic heterocycles. The molecule has 158 valence electrons. The lowest BCUT2D eigenvalue weighted by Gasteiger charge is -2.26. The molecule has 0 amide bonds. The van der Waals surface area contributed by atoms with E-state index in [1.54, 1.807) is 0 Å². The van der Waals surface area contributed by atoms with Crippen molar-refractivity contribution in [3.8, 4) is 11.5 Å². The van der Waals surface area contributed by atoms with Crippen LogP contribution in [0, 0.1) is 5.92 Å². The van der Waals surface area contributed by atoms with Crippen molar-refractivity contribution in [3.05, 3.63) is 59.7 Å². The Morgan fingerprint density at radius 1 is 1.17 bits per heavy atom. The minimum atomic E-state index is -4.75. The van der Waals surface area contributed by atoms with Gasteiger partial charge in [-0.15, -0.1) is 13.2 Å². The Bertz CT molecular complexity index is 786. The zero-order chi connectivity index (χ0) is 20.9. The van der Waals surface area contributed by atoms with Crippen LogP contribution in [0.1, 0.15) is 23.6 Å². The van der Waals surface area contributed by atoms with Gasteiger partial charge in [-0.2, -0.15) is 0 Å². The average molecular weight is 410 g/mol. The first-order valence-corrected chi connectivity index (χ1v) is 9.46. The van der Waals surface area contributed by atoms with Crippen molar-refractivity contribution in [1.29, 1.82) is 0 Å². The number of hydrogen-bond acceptors (Lipinski definition) is 5. The Kier molecular flexibility index (Phi) is 7.00. The summed E-state index contributed by atoms with van der Waals surface area (Å²) in [5, 5.41) is 16.4. The molecule has 29 heavy (non-hydrogen) atoms. The van der Waals surface area contributed by atoms with Gasteiger partial charge in [-0.1, -0.05) is 30.3 Å². The summed E-state index contributed by atoms with van der Waals surface area (Å²) in [5.74, 6) is 0.380. The lowest BCUT2D eigenvalue weighted by Crippen LogP contribution is -2.38. The Morgan fingerprint density at radius 3 is 2.59 bits per heavy atom. The number of ether oxygens (including phenoxy) is 2. The predicted molar refractivity (Wildman–Crippen MR) is 103 cm³/mol. The predicted octanol–water partition coefficient (Wildman–Crippen LogP) is 3.40. The van der Waals surface area contributed by atoms with Gasteiger partial charge in [0.2, 0.25) is 0 Å². The fourth-order valence-corrected chi connectivity index (χ4v) is 3.84. The second-order valence-electron chi connectivity index (χ2n) is 7.00. The molecule has 0 saturated carbocycles. The van der Waals surface area contributed by atoms with Crippen molar-refractivity contribution in [1.82, 2.24) is 10.6 Å². The summed E-state index contributed by atoms with van der Waals surface area (Å²) in [7, 11) is 1.47. The lowest BCUT2D eigenvalue weighted by atomic mass is 9.91. The normalized spacial score (nSPS) is 21.9. The van der Waals surface area contributed by atoms with Gasteiger partial charge in [0.15, 0.2) is 0 Å². The third kappa shape index (κ3) is 5.62. The maximum Gasteiger partial charge on any atom is 0.573 e. The minimum Gasteiger partial charge on any atom is -0.496 e. The highest BCUT2D eigenvalue weighted by Gasteiger charge is 2.36. The molecular formula is C21H25F3N2O3. The molecule has 1 aliphatic rings. The Hall–Kier alpha value is -2.29. The van der Waals surface area contributed by atoms with Crippen LogP contribution in [0.5, 0.6) is 11.5 Å². The van der Waals surface area contributed by atoms with Gasteiger partial charge >= 0.3 is 6.36 Å². The van der Waals surface area contributed by atoms with Crippen molar-refractivity contribution in [2.24, 2.45) is 5.92 Å². The molecule has 0 aliphatic carbocycles. The van der Waals surface area contributed by atoms with Crippen molar-refractivity contribution >= 4 is 0 Å². The van der Waals surface area contributed by atoms with E-state index >= 15 is 0 Å². The lowest BCUT2D eigenvalue weighted by molar-refractivity contribution is -0.274. The molecule has 3 unspecified atom stereocenters. The number of rotatable bonds is 8. The summed E-state index contributed by atoms with van der Waals surface area (Å²) in [5.41, 5.74) is 1.68. The molecule has 1 heterocycles. The number of benzene rings is 2. The molecule has 0 radical (unpaired) electrons. The number of methoxy groups -OCH3 is 1. The van der Waals surface area contributed by atoms with Gasteiger partial charge in [0.1, 0.15) is 11.5 Å². The highest BCUT2D eigenvalue weighted by atomic mass is 19.4. The number of nitrogens with one attached hydrogen (secondary N) is 2.